The van der Waals surface area contributed by atoms with Gasteiger partial charge in [0, 0.05) is 18.3 Å². The molecule has 10 N–H and O–H groups in total. The molecule has 0 aliphatic rings. The number of carbonyl (C=O) groups excluding carboxylic acids is 3. The molecule has 0 saturated heterocycles. The summed E-state index contributed by atoms with van der Waals surface area (Å²) >= 11 is 0. The molecular formula is C18H31N7O6. The second kappa shape index (κ2) is 13.3. The third kappa shape index (κ3) is 9.11. The van der Waals surface area contributed by atoms with Crippen LogP contribution < -0.4 is 27.4 Å². The van der Waals surface area contributed by atoms with Crippen molar-refractivity contribution in [1.82, 2.24) is 25.9 Å². The van der Waals surface area contributed by atoms with Crippen LogP contribution in [0.2, 0.25) is 0 Å². The molecule has 4 unspecified atom stereocenters. The van der Waals surface area contributed by atoms with Crippen LogP contribution in [0.4, 0.5) is 0 Å². The molecule has 1 rings (SSSR count). The first-order valence-electron chi connectivity index (χ1n) is 9.87. The molecule has 0 aliphatic carbocycles. The van der Waals surface area contributed by atoms with Crippen molar-refractivity contribution in [2.75, 3.05) is 13.2 Å². The highest BCUT2D eigenvalue weighted by Gasteiger charge is 2.29. The molecular weight excluding hydrogens is 410 g/mol. The van der Waals surface area contributed by atoms with Crippen molar-refractivity contribution in [2.45, 2.75) is 56.8 Å². The lowest BCUT2D eigenvalue weighted by molar-refractivity contribution is -0.142. The predicted molar refractivity (Wildman–Crippen MR) is 109 cm³/mol. The van der Waals surface area contributed by atoms with Gasteiger partial charge in [-0.1, -0.05) is 0 Å². The number of rotatable bonds is 14. The van der Waals surface area contributed by atoms with Crippen LogP contribution in [0.5, 0.6) is 0 Å². The Balaban J connectivity index is 2.77. The van der Waals surface area contributed by atoms with E-state index >= 15 is 0 Å². The molecule has 0 saturated carbocycles. The van der Waals surface area contributed by atoms with E-state index in [1.807, 2.05) is 0 Å². The third-order valence-corrected chi connectivity index (χ3v) is 4.46. The SMILES string of the molecule is CC(NC(=O)C(CO)NC(=O)C(CCCCN)NC(=O)C(N)Cc1cnc[nH]1)C(=O)O. The molecule has 0 fully saturated rings. The van der Waals surface area contributed by atoms with Gasteiger partial charge >= 0.3 is 5.97 Å². The topological polar surface area (TPSA) is 226 Å². The molecule has 31 heavy (non-hydrogen) atoms. The molecule has 13 heteroatoms. The van der Waals surface area contributed by atoms with E-state index in [0.717, 1.165) is 0 Å². The zero-order chi connectivity index (χ0) is 23.4. The van der Waals surface area contributed by atoms with Gasteiger partial charge in [-0.25, -0.2) is 4.98 Å². The second-order valence-electron chi connectivity index (χ2n) is 7.05. The number of carboxylic acid groups (broad SMARTS) is 1. The maximum atomic E-state index is 12.7. The molecule has 174 valence electrons. The zero-order valence-corrected chi connectivity index (χ0v) is 17.3. The van der Waals surface area contributed by atoms with Crippen molar-refractivity contribution in [1.29, 1.82) is 0 Å². The Labute approximate surface area is 179 Å². The van der Waals surface area contributed by atoms with Crippen LogP contribution in [0.15, 0.2) is 12.5 Å². The van der Waals surface area contributed by atoms with Gasteiger partial charge in [0.2, 0.25) is 17.7 Å². The third-order valence-electron chi connectivity index (χ3n) is 4.46. The number of nitrogens with zero attached hydrogens (tertiary/aromatic N) is 1. The summed E-state index contributed by atoms with van der Waals surface area (Å²) in [6.45, 7) is 0.885. The van der Waals surface area contributed by atoms with Gasteiger partial charge in [-0.15, -0.1) is 0 Å². The normalized spacial score (nSPS) is 14.7. The number of aromatic nitrogens is 2. The van der Waals surface area contributed by atoms with E-state index in [-0.39, 0.29) is 12.8 Å². The van der Waals surface area contributed by atoms with E-state index in [9.17, 15) is 24.3 Å². The van der Waals surface area contributed by atoms with E-state index < -0.39 is 54.5 Å². The number of nitrogens with one attached hydrogen (secondary N) is 4. The lowest BCUT2D eigenvalue weighted by atomic mass is 10.1. The maximum Gasteiger partial charge on any atom is 0.325 e. The highest BCUT2D eigenvalue weighted by atomic mass is 16.4. The van der Waals surface area contributed by atoms with Crippen molar-refractivity contribution < 1.29 is 29.4 Å². The van der Waals surface area contributed by atoms with E-state index in [4.69, 9.17) is 16.6 Å². The van der Waals surface area contributed by atoms with Crippen LogP contribution in [-0.2, 0) is 25.6 Å². The fourth-order valence-electron chi connectivity index (χ4n) is 2.61. The van der Waals surface area contributed by atoms with Crippen molar-refractivity contribution >= 4 is 23.7 Å². The number of carbonyl (C=O) groups is 4. The summed E-state index contributed by atoms with van der Waals surface area (Å²) in [6.07, 6.45) is 4.53. The number of aliphatic carboxylic acids is 1. The number of aliphatic hydroxyl groups excluding tert-OH is 1. The Bertz CT molecular complexity index is 727. The molecule has 0 aliphatic heterocycles. The summed E-state index contributed by atoms with van der Waals surface area (Å²) in [5.41, 5.74) is 12.0. The molecule has 3 amide bonds. The Morgan fingerprint density at radius 1 is 1.10 bits per heavy atom. The fraction of sp³-hybridized carbons (Fsp3) is 0.611. The average Bonchev–Trinajstić information content (AvgIpc) is 3.23. The number of H-pyrrole nitrogens is 1. The highest BCUT2D eigenvalue weighted by Crippen LogP contribution is 2.04. The molecule has 13 nitrogen and oxygen atoms in total. The second-order valence-corrected chi connectivity index (χ2v) is 7.05. The van der Waals surface area contributed by atoms with E-state index in [1.54, 1.807) is 0 Å². The Morgan fingerprint density at radius 3 is 2.29 bits per heavy atom. The average molecular weight is 441 g/mol. The zero-order valence-electron chi connectivity index (χ0n) is 17.3. The van der Waals surface area contributed by atoms with Crippen LogP contribution in [0.25, 0.3) is 0 Å². The first kappa shape index (κ1) is 26.0. The number of amides is 3. The Kier molecular flexibility index (Phi) is 11.2. The fourth-order valence-corrected chi connectivity index (χ4v) is 2.61. The number of nitrogens with two attached hydrogens (primary N) is 2. The molecule has 0 bridgehead atoms. The number of hydrogen-bond acceptors (Lipinski definition) is 8. The van der Waals surface area contributed by atoms with Crippen LogP contribution in [0.1, 0.15) is 31.9 Å². The summed E-state index contributed by atoms with van der Waals surface area (Å²) in [6, 6.07) is -4.56. The first-order chi connectivity index (χ1) is 14.7. The van der Waals surface area contributed by atoms with Crippen molar-refractivity contribution in [2.24, 2.45) is 11.5 Å². The minimum Gasteiger partial charge on any atom is -0.480 e. The van der Waals surface area contributed by atoms with Crippen molar-refractivity contribution in [3.05, 3.63) is 18.2 Å². The quantitative estimate of drug-likeness (QED) is 0.137. The molecule has 1 heterocycles. The van der Waals surface area contributed by atoms with Gasteiger partial charge in [0.1, 0.15) is 18.1 Å². The maximum absolute atomic E-state index is 12.7. The predicted octanol–water partition coefficient (Wildman–Crippen LogP) is -3.04. The van der Waals surface area contributed by atoms with Gasteiger partial charge < -0.3 is 42.6 Å². The summed E-state index contributed by atoms with van der Waals surface area (Å²) < 4.78 is 0. The van der Waals surface area contributed by atoms with Crippen LogP contribution in [0, 0.1) is 0 Å². The van der Waals surface area contributed by atoms with Crippen molar-refractivity contribution in [3.63, 3.8) is 0 Å². The molecule has 1 aromatic rings. The van der Waals surface area contributed by atoms with Gasteiger partial charge in [0.15, 0.2) is 0 Å². The number of aromatic amines is 1. The van der Waals surface area contributed by atoms with Crippen LogP contribution in [-0.4, -0.2) is 81.2 Å². The van der Waals surface area contributed by atoms with Crippen LogP contribution >= 0.6 is 0 Å². The molecule has 0 spiro atoms. The minimum absolute atomic E-state index is 0.178. The molecule has 1 aromatic heterocycles. The standard InChI is InChI=1S/C18H31N7O6/c1-10(18(30)31)23-17(29)14(8-26)25-16(28)13(4-2-3-5-19)24-15(27)12(20)6-11-7-21-9-22-11/h7,9-10,12-14,26H,2-6,8,19-20H2,1H3,(H,21,22)(H,23,29)(H,24,27)(H,25,28)(H,30,31). The smallest absolute Gasteiger partial charge is 0.325 e. The first-order valence-corrected chi connectivity index (χ1v) is 9.87. The Morgan fingerprint density at radius 2 is 1.74 bits per heavy atom. The van der Waals surface area contributed by atoms with Crippen LogP contribution in [0.3, 0.4) is 0 Å². The molecule has 0 radical (unpaired) electrons. The number of hydrogen-bond donors (Lipinski definition) is 8. The van der Waals surface area contributed by atoms with Gasteiger partial charge in [-0.2, -0.15) is 0 Å². The lowest BCUT2D eigenvalue weighted by Crippen LogP contribution is -2.58. The number of aliphatic hydroxyl groups is 1. The summed E-state index contributed by atoms with van der Waals surface area (Å²) in [7, 11) is 0. The van der Waals surface area contributed by atoms with E-state index in [1.165, 1.54) is 19.4 Å². The van der Waals surface area contributed by atoms with Gasteiger partial charge in [-0.3, -0.25) is 19.2 Å². The minimum atomic E-state index is -1.39. The largest absolute Gasteiger partial charge is 0.480 e. The van der Waals surface area contributed by atoms with Gasteiger partial charge in [-0.05, 0) is 32.7 Å². The van der Waals surface area contributed by atoms with Gasteiger partial charge in [0.05, 0.1) is 19.0 Å². The number of unbranched alkanes of at least 4 members (excludes halogenated alkanes) is 1. The Hall–Kier alpha value is -3.03. The monoisotopic (exact) mass is 441 g/mol. The molecule has 4 atom stereocenters. The summed E-state index contributed by atoms with van der Waals surface area (Å²) in [4.78, 5) is 54.8. The van der Waals surface area contributed by atoms with E-state index in [2.05, 4.69) is 25.9 Å². The lowest BCUT2D eigenvalue weighted by Gasteiger charge is -2.24. The van der Waals surface area contributed by atoms with Crippen molar-refractivity contribution in [3.8, 4) is 0 Å². The highest BCUT2D eigenvalue weighted by molar-refractivity contribution is 5.94. The van der Waals surface area contributed by atoms with Gasteiger partial charge in [0.25, 0.3) is 0 Å². The summed E-state index contributed by atoms with van der Waals surface area (Å²) in [5.74, 6) is -3.42. The number of imidazole rings is 1. The number of carboxylic acids is 1. The molecule has 0 aromatic carbocycles. The van der Waals surface area contributed by atoms with E-state index in [0.29, 0.717) is 25.1 Å². The summed E-state index contributed by atoms with van der Waals surface area (Å²) in [5, 5.41) is 25.4.